The maximum atomic E-state index is 12.8. The lowest BCUT2D eigenvalue weighted by molar-refractivity contribution is -0.144. The summed E-state index contributed by atoms with van der Waals surface area (Å²) in [6, 6.07) is -4.21. The molecule has 0 aliphatic carbocycles. The molecule has 0 bridgehead atoms. The summed E-state index contributed by atoms with van der Waals surface area (Å²) < 4.78 is 0. The molecule has 12 heteroatoms. The summed E-state index contributed by atoms with van der Waals surface area (Å²) >= 11 is 0. The van der Waals surface area contributed by atoms with Gasteiger partial charge < -0.3 is 38.3 Å². The first-order chi connectivity index (χ1) is 14.9. The maximum Gasteiger partial charge on any atom is 0.326 e. The average Bonchev–Trinajstić information content (AvgIpc) is 2.72. The Labute approximate surface area is 188 Å². The van der Waals surface area contributed by atoms with Crippen LogP contribution in [0.4, 0.5) is 0 Å². The van der Waals surface area contributed by atoms with Gasteiger partial charge in [-0.3, -0.25) is 19.2 Å². The molecule has 12 nitrogen and oxygen atoms in total. The van der Waals surface area contributed by atoms with Crippen molar-refractivity contribution in [2.45, 2.75) is 83.5 Å². The second-order valence-electron chi connectivity index (χ2n) is 7.91. The Morgan fingerprint density at radius 2 is 1.41 bits per heavy atom. The van der Waals surface area contributed by atoms with Gasteiger partial charge in [0.25, 0.3) is 0 Å². The maximum absolute atomic E-state index is 12.8. The predicted octanol–water partition coefficient (Wildman–Crippen LogP) is -1.69. The molecule has 0 aromatic heterocycles. The summed E-state index contributed by atoms with van der Waals surface area (Å²) in [6.07, 6.45) is 1.59. The van der Waals surface area contributed by atoms with Crippen LogP contribution in [0, 0.1) is 5.92 Å². The number of nitrogens with two attached hydrogens (primary N) is 3. The zero-order valence-corrected chi connectivity index (χ0v) is 19.1. The molecular weight excluding hydrogens is 420 g/mol. The fraction of sp³-hybridized carbons (Fsp3) is 0.750. The Balaban J connectivity index is 5.52. The number of unbranched alkanes of at least 4 members (excludes halogenated alkanes) is 1. The predicted molar refractivity (Wildman–Crippen MR) is 118 cm³/mol. The van der Waals surface area contributed by atoms with Gasteiger partial charge >= 0.3 is 5.97 Å². The average molecular weight is 459 g/mol. The number of carboxylic acid groups (broad SMARTS) is 1. The molecule has 0 aliphatic rings. The van der Waals surface area contributed by atoms with Crippen molar-refractivity contribution in [3.63, 3.8) is 0 Å². The molecule has 5 atom stereocenters. The van der Waals surface area contributed by atoms with Gasteiger partial charge in [-0.05, 0) is 45.1 Å². The highest BCUT2D eigenvalue weighted by Crippen LogP contribution is 2.10. The van der Waals surface area contributed by atoms with Crippen molar-refractivity contribution in [3.8, 4) is 0 Å². The third kappa shape index (κ3) is 11.0. The highest BCUT2D eigenvalue weighted by atomic mass is 16.4. The van der Waals surface area contributed by atoms with E-state index in [1.54, 1.807) is 13.8 Å². The van der Waals surface area contributed by atoms with Gasteiger partial charge in [-0.15, -0.1) is 0 Å². The monoisotopic (exact) mass is 458 g/mol. The molecule has 0 aromatic carbocycles. The molecule has 5 unspecified atom stereocenters. The molecule has 4 amide bonds. The van der Waals surface area contributed by atoms with Gasteiger partial charge in [0.05, 0.1) is 6.04 Å². The number of rotatable bonds is 16. The Kier molecular flexibility index (Phi) is 13.8. The van der Waals surface area contributed by atoms with E-state index in [1.165, 1.54) is 6.92 Å². The first-order valence-electron chi connectivity index (χ1n) is 10.8. The highest BCUT2D eigenvalue weighted by Gasteiger charge is 2.31. The van der Waals surface area contributed by atoms with E-state index in [-0.39, 0.29) is 25.2 Å². The van der Waals surface area contributed by atoms with Crippen LogP contribution in [0.5, 0.6) is 0 Å². The SMILES string of the molecule is CCC(C)C(NC(=O)C(CCCCN)NC(=O)C(CCC(N)=O)NC(=O)C(C)N)C(=O)O. The topological polar surface area (TPSA) is 220 Å². The van der Waals surface area contributed by atoms with E-state index in [9.17, 15) is 29.1 Å². The van der Waals surface area contributed by atoms with E-state index in [2.05, 4.69) is 16.0 Å². The Morgan fingerprint density at radius 1 is 0.875 bits per heavy atom. The van der Waals surface area contributed by atoms with Gasteiger partial charge in [-0.1, -0.05) is 20.3 Å². The van der Waals surface area contributed by atoms with Crippen LogP contribution in [0.1, 0.15) is 59.3 Å². The Hall–Kier alpha value is -2.73. The van der Waals surface area contributed by atoms with Crippen molar-refractivity contribution >= 4 is 29.6 Å². The van der Waals surface area contributed by atoms with Gasteiger partial charge in [0.1, 0.15) is 18.1 Å². The Bertz CT molecular complexity index is 656. The number of nitrogens with one attached hydrogen (secondary N) is 3. The fourth-order valence-corrected chi connectivity index (χ4v) is 2.83. The van der Waals surface area contributed by atoms with Crippen LogP contribution in [-0.4, -0.2) is 65.4 Å². The normalized spacial score (nSPS) is 15.5. The van der Waals surface area contributed by atoms with Gasteiger partial charge in [-0.2, -0.15) is 0 Å². The van der Waals surface area contributed by atoms with Crippen molar-refractivity contribution < 1.29 is 29.1 Å². The summed E-state index contributed by atoms with van der Waals surface area (Å²) in [7, 11) is 0. The summed E-state index contributed by atoms with van der Waals surface area (Å²) in [4.78, 5) is 60.3. The van der Waals surface area contributed by atoms with Gasteiger partial charge in [0, 0.05) is 6.42 Å². The minimum atomic E-state index is -1.18. The largest absolute Gasteiger partial charge is 0.480 e. The first kappa shape index (κ1) is 29.3. The summed E-state index contributed by atoms with van der Waals surface area (Å²) in [6.45, 7) is 5.32. The van der Waals surface area contributed by atoms with Gasteiger partial charge in [-0.25, -0.2) is 4.79 Å². The fourth-order valence-electron chi connectivity index (χ4n) is 2.83. The number of carbonyl (C=O) groups excluding carboxylic acids is 4. The van der Waals surface area contributed by atoms with Crippen LogP contribution in [0.25, 0.3) is 0 Å². The summed E-state index contributed by atoms with van der Waals surface area (Å²) in [5.74, 6) is -4.14. The lowest BCUT2D eigenvalue weighted by Gasteiger charge is -2.26. The van der Waals surface area contributed by atoms with E-state index < -0.39 is 53.8 Å². The second kappa shape index (κ2) is 15.1. The molecule has 0 rings (SSSR count). The van der Waals surface area contributed by atoms with Crippen LogP contribution >= 0.6 is 0 Å². The minimum Gasteiger partial charge on any atom is -0.480 e. The molecule has 0 radical (unpaired) electrons. The number of hydrogen-bond acceptors (Lipinski definition) is 7. The lowest BCUT2D eigenvalue weighted by Crippen LogP contribution is -2.57. The number of carbonyl (C=O) groups is 5. The third-order valence-electron chi connectivity index (χ3n) is 5.08. The van der Waals surface area contributed by atoms with Crippen molar-refractivity contribution in [1.82, 2.24) is 16.0 Å². The smallest absolute Gasteiger partial charge is 0.326 e. The Morgan fingerprint density at radius 3 is 1.88 bits per heavy atom. The van der Waals surface area contributed by atoms with Crippen molar-refractivity contribution in [1.29, 1.82) is 0 Å². The van der Waals surface area contributed by atoms with Crippen molar-refractivity contribution in [2.24, 2.45) is 23.1 Å². The molecule has 0 aliphatic heterocycles. The van der Waals surface area contributed by atoms with Crippen LogP contribution in [-0.2, 0) is 24.0 Å². The number of aliphatic carboxylic acids is 1. The van der Waals surface area contributed by atoms with Crippen LogP contribution in [0.3, 0.4) is 0 Å². The second-order valence-corrected chi connectivity index (χ2v) is 7.91. The number of primary amides is 1. The molecule has 0 aromatic rings. The summed E-state index contributed by atoms with van der Waals surface area (Å²) in [5, 5.41) is 16.9. The van der Waals surface area contributed by atoms with Gasteiger partial charge in [0.2, 0.25) is 23.6 Å². The highest BCUT2D eigenvalue weighted by molar-refractivity contribution is 5.94. The molecule has 0 spiro atoms. The lowest BCUT2D eigenvalue weighted by atomic mass is 9.98. The van der Waals surface area contributed by atoms with Crippen molar-refractivity contribution in [3.05, 3.63) is 0 Å². The van der Waals surface area contributed by atoms with Gasteiger partial charge in [0.15, 0.2) is 0 Å². The zero-order chi connectivity index (χ0) is 24.8. The van der Waals surface area contributed by atoms with Crippen LogP contribution in [0.2, 0.25) is 0 Å². The molecule has 32 heavy (non-hydrogen) atoms. The quantitative estimate of drug-likeness (QED) is 0.132. The first-order valence-corrected chi connectivity index (χ1v) is 10.8. The molecule has 0 fully saturated rings. The molecule has 10 N–H and O–H groups in total. The molecule has 184 valence electrons. The molecule has 0 saturated carbocycles. The minimum absolute atomic E-state index is 0.0820. The number of amides is 4. The molecule has 0 heterocycles. The van der Waals surface area contributed by atoms with E-state index in [0.717, 1.165) is 0 Å². The molecule has 0 saturated heterocycles. The number of hydrogen-bond donors (Lipinski definition) is 7. The summed E-state index contributed by atoms with van der Waals surface area (Å²) in [5.41, 5.74) is 16.2. The third-order valence-corrected chi connectivity index (χ3v) is 5.08. The van der Waals surface area contributed by atoms with Crippen molar-refractivity contribution in [2.75, 3.05) is 6.54 Å². The zero-order valence-electron chi connectivity index (χ0n) is 19.1. The standard InChI is InChI=1S/C20H38N6O6/c1-4-11(2)16(20(31)32)26-19(30)13(7-5-6-10-21)25-18(29)14(8-9-15(23)27)24-17(28)12(3)22/h11-14,16H,4-10,21-22H2,1-3H3,(H2,23,27)(H,24,28)(H,25,29)(H,26,30)(H,31,32). The number of carboxylic acids is 1. The van der Waals surface area contributed by atoms with Crippen LogP contribution in [0.15, 0.2) is 0 Å². The molecular formula is C20H38N6O6. The van der Waals surface area contributed by atoms with E-state index >= 15 is 0 Å². The van der Waals surface area contributed by atoms with E-state index in [1.807, 2.05) is 0 Å². The van der Waals surface area contributed by atoms with Crippen LogP contribution < -0.4 is 33.2 Å². The van der Waals surface area contributed by atoms with E-state index in [4.69, 9.17) is 17.2 Å². The van der Waals surface area contributed by atoms with E-state index in [0.29, 0.717) is 25.8 Å².